The number of anilines is 1. The molecule has 0 aliphatic heterocycles. The molecule has 0 saturated carbocycles. The Labute approximate surface area is 78.2 Å². The van der Waals surface area contributed by atoms with Crippen LogP contribution in [0.25, 0.3) is 0 Å². The summed E-state index contributed by atoms with van der Waals surface area (Å²) in [5.41, 5.74) is 0.676. The minimum Gasteiger partial charge on any atom is -0.395 e. The first-order chi connectivity index (χ1) is 6.24. The van der Waals surface area contributed by atoms with Gasteiger partial charge in [-0.15, -0.1) is 0 Å². The molecular formula is C8H10NO3S. The van der Waals surface area contributed by atoms with Crippen LogP contribution in [0.15, 0.2) is 23.1 Å². The van der Waals surface area contributed by atoms with Crippen LogP contribution in [-0.2, 0) is 10.7 Å². The molecular weight excluding hydrogens is 190 g/mol. The summed E-state index contributed by atoms with van der Waals surface area (Å²) in [4.78, 5) is 0.240. The SMILES string of the molecule is O=[SH](=O)c1c[c]c(NCCO)cc1. The van der Waals surface area contributed by atoms with Crippen LogP contribution in [0.5, 0.6) is 0 Å². The van der Waals surface area contributed by atoms with Crippen molar-refractivity contribution in [3.05, 3.63) is 24.3 Å². The van der Waals surface area contributed by atoms with E-state index in [1.807, 2.05) is 0 Å². The molecule has 71 valence electrons. The lowest BCUT2D eigenvalue weighted by atomic mass is 10.3. The summed E-state index contributed by atoms with van der Waals surface area (Å²) in [5, 5.41) is 11.4. The average Bonchev–Trinajstić information content (AvgIpc) is 2.15. The van der Waals surface area contributed by atoms with Crippen molar-refractivity contribution in [2.75, 3.05) is 18.5 Å². The van der Waals surface area contributed by atoms with Crippen molar-refractivity contribution < 1.29 is 13.5 Å². The molecule has 0 fully saturated rings. The van der Waals surface area contributed by atoms with Gasteiger partial charge in [0.25, 0.3) is 0 Å². The van der Waals surface area contributed by atoms with Gasteiger partial charge in [0.05, 0.1) is 11.5 Å². The van der Waals surface area contributed by atoms with Gasteiger partial charge in [-0.3, -0.25) is 0 Å². The van der Waals surface area contributed by atoms with E-state index in [0.29, 0.717) is 12.2 Å². The summed E-state index contributed by atoms with van der Waals surface area (Å²) in [6, 6.07) is 7.24. The lowest BCUT2D eigenvalue weighted by Gasteiger charge is -2.02. The molecule has 0 bridgehead atoms. The fraction of sp³-hybridized carbons (Fsp3) is 0.250. The van der Waals surface area contributed by atoms with Crippen molar-refractivity contribution in [2.24, 2.45) is 0 Å². The molecule has 1 radical (unpaired) electrons. The maximum atomic E-state index is 10.5. The third-order valence-corrected chi connectivity index (χ3v) is 2.13. The zero-order valence-corrected chi connectivity index (χ0v) is 7.75. The highest BCUT2D eigenvalue weighted by Crippen LogP contribution is 2.08. The quantitative estimate of drug-likeness (QED) is 0.592. The first-order valence-electron chi connectivity index (χ1n) is 3.75. The standard InChI is InChI=1S/C8H10NO3S/c10-6-5-9-7-1-3-8(4-2-7)13(11)12/h1,3-4,9-10,13H,5-6H2. The van der Waals surface area contributed by atoms with Crippen LogP contribution in [0.3, 0.4) is 0 Å². The molecule has 0 unspecified atom stereocenters. The molecule has 0 amide bonds. The highest BCUT2D eigenvalue weighted by atomic mass is 32.2. The van der Waals surface area contributed by atoms with Crippen molar-refractivity contribution >= 4 is 16.4 Å². The van der Waals surface area contributed by atoms with Crippen LogP contribution in [0.2, 0.25) is 0 Å². The lowest BCUT2D eigenvalue weighted by Crippen LogP contribution is -2.05. The zero-order chi connectivity index (χ0) is 9.68. The van der Waals surface area contributed by atoms with Gasteiger partial charge < -0.3 is 10.4 Å². The average molecular weight is 200 g/mol. The zero-order valence-electron chi connectivity index (χ0n) is 6.86. The minimum atomic E-state index is -2.53. The summed E-state index contributed by atoms with van der Waals surface area (Å²) >= 11 is 0. The van der Waals surface area contributed by atoms with Gasteiger partial charge in [-0.1, -0.05) is 0 Å². The molecule has 0 aromatic heterocycles. The molecule has 0 heterocycles. The second kappa shape index (κ2) is 4.84. The Morgan fingerprint density at radius 3 is 2.69 bits per heavy atom. The van der Waals surface area contributed by atoms with Gasteiger partial charge in [-0.25, -0.2) is 8.42 Å². The van der Waals surface area contributed by atoms with Crippen molar-refractivity contribution in [1.82, 2.24) is 0 Å². The molecule has 0 aliphatic carbocycles. The van der Waals surface area contributed by atoms with Crippen molar-refractivity contribution in [3.63, 3.8) is 0 Å². The van der Waals surface area contributed by atoms with Gasteiger partial charge in [0, 0.05) is 18.3 Å². The van der Waals surface area contributed by atoms with Gasteiger partial charge in [0.1, 0.15) is 0 Å². The number of rotatable bonds is 4. The van der Waals surface area contributed by atoms with Crippen molar-refractivity contribution in [3.8, 4) is 0 Å². The van der Waals surface area contributed by atoms with Gasteiger partial charge in [-0.2, -0.15) is 0 Å². The summed E-state index contributed by atoms with van der Waals surface area (Å²) in [5.74, 6) is 0. The van der Waals surface area contributed by atoms with E-state index in [4.69, 9.17) is 5.11 Å². The fourth-order valence-electron chi connectivity index (χ4n) is 0.831. The first kappa shape index (κ1) is 10.0. The Morgan fingerprint density at radius 1 is 1.46 bits per heavy atom. The topological polar surface area (TPSA) is 66.4 Å². The Bertz CT molecular complexity index is 324. The highest BCUT2D eigenvalue weighted by molar-refractivity contribution is 7.72. The number of hydrogen-bond donors (Lipinski definition) is 3. The number of nitrogens with one attached hydrogen (secondary N) is 1. The predicted octanol–water partition coefficient (Wildman–Crippen LogP) is -0.139. The number of benzene rings is 1. The smallest absolute Gasteiger partial charge is 0.168 e. The maximum absolute atomic E-state index is 10.5. The molecule has 2 N–H and O–H groups in total. The van der Waals surface area contributed by atoms with E-state index in [1.54, 1.807) is 6.07 Å². The number of aliphatic hydroxyl groups is 1. The largest absolute Gasteiger partial charge is 0.395 e. The Morgan fingerprint density at radius 2 is 2.23 bits per heavy atom. The van der Waals surface area contributed by atoms with Gasteiger partial charge in [0.15, 0.2) is 10.7 Å². The number of thiol groups is 1. The van der Waals surface area contributed by atoms with E-state index in [1.165, 1.54) is 12.1 Å². The third kappa shape index (κ3) is 3.04. The summed E-state index contributed by atoms with van der Waals surface area (Å²) in [7, 11) is -2.53. The van der Waals surface area contributed by atoms with Crippen LogP contribution in [0, 0.1) is 6.07 Å². The minimum absolute atomic E-state index is 0.0331. The maximum Gasteiger partial charge on any atom is 0.168 e. The summed E-state index contributed by atoms with van der Waals surface area (Å²) in [6.07, 6.45) is 0. The molecule has 0 aliphatic rings. The second-order valence-corrected chi connectivity index (χ2v) is 3.40. The Balaban J connectivity index is 2.69. The highest BCUT2D eigenvalue weighted by Gasteiger charge is 1.95. The molecule has 13 heavy (non-hydrogen) atoms. The van der Waals surface area contributed by atoms with E-state index < -0.39 is 10.7 Å². The van der Waals surface area contributed by atoms with Crippen LogP contribution < -0.4 is 5.32 Å². The summed E-state index contributed by atoms with van der Waals surface area (Å²) in [6.45, 7) is 0.463. The van der Waals surface area contributed by atoms with Crippen LogP contribution in [-0.4, -0.2) is 26.7 Å². The van der Waals surface area contributed by atoms with E-state index in [-0.39, 0.29) is 11.5 Å². The van der Waals surface area contributed by atoms with E-state index >= 15 is 0 Å². The number of aliphatic hydroxyl groups excluding tert-OH is 1. The fourth-order valence-corrected chi connectivity index (χ4v) is 1.20. The molecule has 0 spiro atoms. The molecule has 1 rings (SSSR count). The molecule has 5 heteroatoms. The molecule has 1 aromatic carbocycles. The summed E-state index contributed by atoms with van der Waals surface area (Å²) < 4.78 is 21.0. The van der Waals surface area contributed by atoms with Crippen LogP contribution >= 0.6 is 0 Å². The lowest BCUT2D eigenvalue weighted by molar-refractivity contribution is 0.311. The third-order valence-electron chi connectivity index (χ3n) is 1.43. The molecule has 0 atom stereocenters. The first-order valence-corrected chi connectivity index (χ1v) is 4.92. The molecule has 1 aromatic rings. The van der Waals surface area contributed by atoms with Gasteiger partial charge in [0.2, 0.25) is 0 Å². The number of hydrogen-bond acceptors (Lipinski definition) is 4. The van der Waals surface area contributed by atoms with Crippen molar-refractivity contribution in [2.45, 2.75) is 4.90 Å². The van der Waals surface area contributed by atoms with Crippen molar-refractivity contribution in [1.29, 1.82) is 0 Å². The molecule has 4 nitrogen and oxygen atoms in total. The van der Waals surface area contributed by atoms with Crippen LogP contribution in [0.4, 0.5) is 5.69 Å². The normalized spacial score (nSPS) is 10.3. The predicted molar refractivity (Wildman–Crippen MR) is 49.4 cm³/mol. The second-order valence-electron chi connectivity index (χ2n) is 2.37. The van der Waals surface area contributed by atoms with E-state index in [2.05, 4.69) is 11.4 Å². The molecule has 0 saturated heterocycles. The van der Waals surface area contributed by atoms with Gasteiger partial charge >= 0.3 is 0 Å². The van der Waals surface area contributed by atoms with E-state index in [9.17, 15) is 8.42 Å². The Kier molecular flexibility index (Phi) is 3.72. The monoisotopic (exact) mass is 200 g/mol. The van der Waals surface area contributed by atoms with Gasteiger partial charge in [-0.05, 0) is 18.2 Å². The Hall–Kier alpha value is -1.07. The van der Waals surface area contributed by atoms with E-state index in [0.717, 1.165) is 0 Å². The van der Waals surface area contributed by atoms with Crippen LogP contribution in [0.1, 0.15) is 0 Å².